The highest BCUT2D eigenvalue weighted by atomic mass is 35.5. The first-order valence-corrected chi connectivity index (χ1v) is 13.0. The zero-order valence-electron chi connectivity index (χ0n) is 21.7. The molecule has 1 amide bonds. The van der Waals surface area contributed by atoms with Gasteiger partial charge in [0.15, 0.2) is 0 Å². The molecule has 0 bridgehead atoms. The molecule has 0 aliphatic rings. The first-order chi connectivity index (χ1) is 17.4. The van der Waals surface area contributed by atoms with Crippen molar-refractivity contribution in [3.05, 3.63) is 92.5 Å². The van der Waals surface area contributed by atoms with Crippen LogP contribution in [0.2, 0.25) is 5.02 Å². The van der Waals surface area contributed by atoms with Crippen LogP contribution in [-0.2, 0) is 6.54 Å². The standard InChI is InChI=1S/C28H34ClN5O2S/c1-5-22(33(16-15-28(3,4)31)26(35)20-11-13-21(29)14-12-20)24-32-25(37)23(18(2)30)27(36)34(24)17-19-9-7-6-8-10-19/h6-14,22,30,37H,5,15-17,31H2,1-4H3. The van der Waals surface area contributed by atoms with Gasteiger partial charge in [0.1, 0.15) is 10.9 Å². The molecular formula is C28H34ClN5O2S. The van der Waals surface area contributed by atoms with Gasteiger partial charge in [0, 0.05) is 28.4 Å². The van der Waals surface area contributed by atoms with E-state index in [-0.39, 0.29) is 34.3 Å². The van der Waals surface area contributed by atoms with Crippen molar-refractivity contribution >= 4 is 35.8 Å². The molecule has 0 fully saturated rings. The summed E-state index contributed by atoms with van der Waals surface area (Å²) in [7, 11) is 0. The molecule has 3 rings (SSSR count). The third-order valence-electron chi connectivity index (χ3n) is 6.15. The minimum absolute atomic E-state index is 0.0860. The second kappa shape index (κ2) is 12.1. The number of aromatic nitrogens is 2. The lowest BCUT2D eigenvalue weighted by Gasteiger charge is -2.34. The summed E-state index contributed by atoms with van der Waals surface area (Å²) in [4.78, 5) is 34.0. The fraction of sp³-hybridized carbons (Fsp3) is 0.357. The lowest BCUT2D eigenvalue weighted by atomic mass is 10.00. The van der Waals surface area contributed by atoms with Crippen LogP contribution in [0.5, 0.6) is 0 Å². The van der Waals surface area contributed by atoms with Gasteiger partial charge in [-0.1, -0.05) is 48.9 Å². The van der Waals surface area contributed by atoms with Crippen LogP contribution < -0.4 is 11.3 Å². The molecule has 0 saturated heterocycles. The summed E-state index contributed by atoms with van der Waals surface area (Å²) in [6.45, 7) is 7.93. The maximum absolute atomic E-state index is 13.8. The van der Waals surface area contributed by atoms with Crippen LogP contribution in [0, 0.1) is 5.41 Å². The molecule has 0 saturated carbocycles. The van der Waals surface area contributed by atoms with E-state index in [0.717, 1.165) is 5.56 Å². The average molecular weight is 540 g/mol. The number of nitrogens with zero attached hydrogens (tertiary/aromatic N) is 3. The van der Waals surface area contributed by atoms with Crippen LogP contribution in [0.4, 0.5) is 0 Å². The summed E-state index contributed by atoms with van der Waals surface area (Å²) in [6.07, 6.45) is 1.04. The minimum Gasteiger partial charge on any atom is -0.328 e. The molecule has 7 nitrogen and oxygen atoms in total. The zero-order valence-corrected chi connectivity index (χ0v) is 23.3. The Kier molecular flexibility index (Phi) is 9.34. The van der Waals surface area contributed by atoms with Crippen molar-refractivity contribution < 1.29 is 4.79 Å². The van der Waals surface area contributed by atoms with Gasteiger partial charge < -0.3 is 16.0 Å². The van der Waals surface area contributed by atoms with Gasteiger partial charge >= 0.3 is 0 Å². The summed E-state index contributed by atoms with van der Waals surface area (Å²) in [6, 6.07) is 15.8. The Morgan fingerprint density at radius 1 is 1.19 bits per heavy atom. The van der Waals surface area contributed by atoms with Gasteiger partial charge in [-0.15, -0.1) is 12.6 Å². The molecule has 196 valence electrons. The second-order valence-corrected chi connectivity index (χ2v) is 10.7. The minimum atomic E-state index is -0.534. The van der Waals surface area contributed by atoms with E-state index >= 15 is 0 Å². The monoisotopic (exact) mass is 539 g/mol. The van der Waals surface area contributed by atoms with E-state index in [0.29, 0.717) is 35.8 Å². The molecule has 1 heterocycles. The molecule has 2 aromatic carbocycles. The molecule has 9 heteroatoms. The van der Waals surface area contributed by atoms with Gasteiger partial charge in [-0.05, 0) is 63.4 Å². The maximum atomic E-state index is 13.8. The smallest absolute Gasteiger partial charge is 0.264 e. The van der Waals surface area contributed by atoms with E-state index in [2.05, 4.69) is 12.6 Å². The number of carbonyl (C=O) groups is 1. The number of carbonyl (C=O) groups excluding carboxylic acids is 1. The quantitative estimate of drug-likeness (QED) is 0.184. The fourth-order valence-electron chi connectivity index (χ4n) is 4.17. The molecule has 3 N–H and O–H groups in total. The molecule has 0 aliphatic heterocycles. The van der Waals surface area contributed by atoms with Crippen molar-refractivity contribution in [3.8, 4) is 0 Å². The van der Waals surface area contributed by atoms with E-state index < -0.39 is 11.6 Å². The highest BCUT2D eigenvalue weighted by molar-refractivity contribution is 7.80. The number of hydrogen-bond donors (Lipinski definition) is 3. The molecule has 0 aliphatic carbocycles. The van der Waals surface area contributed by atoms with Crippen molar-refractivity contribution in [2.45, 2.75) is 63.7 Å². The van der Waals surface area contributed by atoms with Crippen molar-refractivity contribution in [2.75, 3.05) is 6.54 Å². The van der Waals surface area contributed by atoms with Gasteiger partial charge in [-0.2, -0.15) is 0 Å². The zero-order chi connectivity index (χ0) is 27.3. The van der Waals surface area contributed by atoms with Crippen LogP contribution in [0.25, 0.3) is 0 Å². The predicted octanol–water partition coefficient (Wildman–Crippen LogP) is 5.34. The van der Waals surface area contributed by atoms with E-state index in [1.807, 2.05) is 51.1 Å². The van der Waals surface area contributed by atoms with Gasteiger partial charge in [0.2, 0.25) is 0 Å². The Balaban J connectivity index is 2.20. The number of hydrogen-bond acceptors (Lipinski definition) is 6. The number of thiol groups is 1. The van der Waals surface area contributed by atoms with Crippen LogP contribution in [-0.4, -0.2) is 38.2 Å². The number of amides is 1. The fourth-order valence-corrected chi connectivity index (χ4v) is 4.66. The molecular weight excluding hydrogens is 506 g/mol. The Bertz CT molecular complexity index is 1320. The molecule has 1 atom stereocenters. The molecule has 1 aromatic heterocycles. The number of rotatable bonds is 10. The summed E-state index contributed by atoms with van der Waals surface area (Å²) in [5, 5.41) is 8.85. The van der Waals surface area contributed by atoms with E-state index in [9.17, 15) is 9.59 Å². The summed E-state index contributed by atoms with van der Waals surface area (Å²) >= 11 is 10.5. The Morgan fingerprint density at radius 3 is 2.35 bits per heavy atom. The first-order valence-electron chi connectivity index (χ1n) is 12.2. The van der Waals surface area contributed by atoms with E-state index in [4.69, 9.17) is 27.7 Å². The normalized spacial score (nSPS) is 12.3. The molecule has 3 aromatic rings. The van der Waals surface area contributed by atoms with E-state index in [1.54, 1.807) is 40.7 Å². The van der Waals surface area contributed by atoms with Crippen LogP contribution in [0.15, 0.2) is 64.4 Å². The van der Waals surface area contributed by atoms with Gasteiger partial charge in [0.25, 0.3) is 11.5 Å². The summed E-state index contributed by atoms with van der Waals surface area (Å²) in [5.41, 5.74) is 7.04. The third-order valence-corrected chi connectivity index (χ3v) is 6.72. The largest absolute Gasteiger partial charge is 0.328 e. The summed E-state index contributed by atoms with van der Waals surface area (Å²) in [5.74, 6) is 0.213. The van der Waals surface area contributed by atoms with Crippen molar-refractivity contribution in [3.63, 3.8) is 0 Å². The Hall–Kier alpha value is -2.94. The van der Waals surface area contributed by atoms with Crippen LogP contribution >= 0.6 is 24.2 Å². The van der Waals surface area contributed by atoms with Crippen LogP contribution in [0.3, 0.4) is 0 Å². The Labute approximate surface area is 228 Å². The number of benzene rings is 2. The lowest BCUT2D eigenvalue weighted by Crippen LogP contribution is -2.43. The number of nitrogens with one attached hydrogen (secondary N) is 1. The maximum Gasteiger partial charge on any atom is 0.264 e. The molecule has 0 spiro atoms. The first kappa shape index (κ1) is 28.6. The van der Waals surface area contributed by atoms with E-state index in [1.165, 1.54) is 0 Å². The molecule has 0 radical (unpaired) electrons. The van der Waals surface area contributed by atoms with Crippen molar-refractivity contribution in [2.24, 2.45) is 5.73 Å². The molecule has 37 heavy (non-hydrogen) atoms. The Morgan fingerprint density at radius 2 is 1.81 bits per heavy atom. The number of nitrogens with two attached hydrogens (primary N) is 1. The molecule has 1 unspecified atom stereocenters. The lowest BCUT2D eigenvalue weighted by molar-refractivity contribution is 0.0641. The average Bonchev–Trinajstić information content (AvgIpc) is 2.83. The highest BCUT2D eigenvalue weighted by Gasteiger charge is 2.31. The van der Waals surface area contributed by atoms with Crippen LogP contribution in [0.1, 0.15) is 73.9 Å². The van der Waals surface area contributed by atoms with Gasteiger partial charge in [-0.3, -0.25) is 14.2 Å². The highest BCUT2D eigenvalue weighted by Crippen LogP contribution is 2.28. The van der Waals surface area contributed by atoms with Gasteiger partial charge in [0.05, 0.1) is 18.2 Å². The third kappa shape index (κ3) is 7.09. The predicted molar refractivity (Wildman–Crippen MR) is 152 cm³/mol. The second-order valence-electron chi connectivity index (χ2n) is 9.84. The SMILES string of the molecule is CCC(c1nc(S)c(C(C)=N)c(=O)n1Cc1ccccc1)N(CCC(C)(C)N)C(=O)c1ccc(Cl)cc1. The number of halogens is 1. The van der Waals surface area contributed by atoms with Crippen molar-refractivity contribution in [1.29, 1.82) is 5.41 Å². The summed E-state index contributed by atoms with van der Waals surface area (Å²) < 4.78 is 1.56. The topological polar surface area (TPSA) is 105 Å². The van der Waals surface area contributed by atoms with Crippen molar-refractivity contribution in [1.82, 2.24) is 14.5 Å². The van der Waals surface area contributed by atoms with Gasteiger partial charge in [-0.25, -0.2) is 4.98 Å².